The van der Waals surface area contributed by atoms with Crippen LogP contribution in [-0.4, -0.2) is 92.8 Å². The molecule has 2 heterocycles. The Labute approximate surface area is 351 Å². The lowest BCUT2D eigenvalue weighted by atomic mass is 9.74. The van der Waals surface area contributed by atoms with Gasteiger partial charge in [-0.3, -0.25) is 18.5 Å². The molecule has 17 heteroatoms. The number of rotatable bonds is 18. The van der Waals surface area contributed by atoms with Crippen molar-refractivity contribution in [2.75, 3.05) is 37.5 Å². The molecule has 4 aromatic rings. The van der Waals surface area contributed by atoms with Gasteiger partial charge in [0, 0.05) is 73.0 Å². The fourth-order valence-corrected chi connectivity index (χ4v) is 11.1. The van der Waals surface area contributed by atoms with Gasteiger partial charge in [-0.15, -0.1) is 0 Å². The van der Waals surface area contributed by atoms with E-state index in [4.69, 9.17) is 4.74 Å². The molecule has 6 rings (SSSR count). The fourth-order valence-electron chi connectivity index (χ4n) is 9.21. The van der Waals surface area contributed by atoms with Crippen molar-refractivity contribution < 1.29 is 58.1 Å². The number of methoxy groups -OCH3 is 1. The summed E-state index contributed by atoms with van der Waals surface area (Å²) >= 11 is 0. The largest absolute Gasteiger partial charge is 0.481 e. The number of nitrogens with zero attached hydrogens (tertiary/aromatic N) is 2. The maximum atomic E-state index is 12.7. The summed E-state index contributed by atoms with van der Waals surface area (Å²) in [7, 11) is -12.6. The highest BCUT2D eigenvalue weighted by atomic mass is 32.2. The molecule has 0 aromatic heterocycles. The molecular formula is C43H51N2O12S3+. The molecule has 2 aliphatic heterocycles. The molecule has 4 N–H and O–H groups in total. The summed E-state index contributed by atoms with van der Waals surface area (Å²) in [4.78, 5) is 12.1. The van der Waals surface area contributed by atoms with Crippen molar-refractivity contribution in [3.63, 3.8) is 0 Å². The molecule has 0 saturated carbocycles. The van der Waals surface area contributed by atoms with Crippen LogP contribution in [0.1, 0.15) is 76.8 Å². The summed E-state index contributed by atoms with van der Waals surface area (Å²) in [6.07, 6.45) is 8.38. The van der Waals surface area contributed by atoms with Gasteiger partial charge in [0.05, 0.1) is 16.1 Å². The van der Waals surface area contributed by atoms with E-state index in [1.54, 1.807) is 13.2 Å². The van der Waals surface area contributed by atoms with Crippen LogP contribution in [0.3, 0.4) is 0 Å². The third kappa shape index (κ3) is 8.80. The van der Waals surface area contributed by atoms with Gasteiger partial charge in [0.2, 0.25) is 5.69 Å². The first-order valence-corrected chi connectivity index (χ1v) is 24.2. The molecule has 4 aromatic carbocycles. The minimum absolute atomic E-state index is 0.00223. The third-order valence-corrected chi connectivity index (χ3v) is 14.4. The van der Waals surface area contributed by atoms with Gasteiger partial charge in [-0.2, -0.15) is 29.8 Å². The van der Waals surface area contributed by atoms with Crippen LogP contribution in [0.15, 0.2) is 94.4 Å². The normalized spacial score (nSPS) is 20.2. The van der Waals surface area contributed by atoms with E-state index >= 15 is 0 Å². The molecule has 0 radical (unpaired) electrons. The van der Waals surface area contributed by atoms with E-state index in [-0.39, 0.29) is 30.2 Å². The Kier molecular flexibility index (Phi) is 12.8. The highest BCUT2D eigenvalue weighted by Gasteiger charge is 2.49. The molecule has 60 heavy (non-hydrogen) atoms. The number of carboxylic acid groups (broad SMARTS) is 1. The molecule has 2 atom stereocenters. The first-order chi connectivity index (χ1) is 28.2. The number of unbranched alkanes of at least 4 members (excludes halogenated alkanes) is 2. The van der Waals surface area contributed by atoms with Gasteiger partial charge in [-0.1, -0.05) is 36.4 Å². The smallest absolute Gasteiger partial charge is 0.303 e. The highest BCUT2D eigenvalue weighted by molar-refractivity contribution is 7.87. The third-order valence-electron chi connectivity index (χ3n) is 11.9. The van der Waals surface area contributed by atoms with Gasteiger partial charge < -0.3 is 14.7 Å². The number of hydrogen-bond donors (Lipinski definition) is 4. The second-order valence-corrected chi connectivity index (χ2v) is 20.2. The fraction of sp³-hybridized carbons (Fsp3) is 0.395. The van der Waals surface area contributed by atoms with Crippen LogP contribution in [0.2, 0.25) is 0 Å². The van der Waals surface area contributed by atoms with Crippen LogP contribution in [0.25, 0.3) is 21.5 Å². The van der Waals surface area contributed by atoms with Crippen LogP contribution in [0.4, 0.5) is 11.4 Å². The molecule has 2 unspecified atom stereocenters. The van der Waals surface area contributed by atoms with Crippen molar-refractivity contribution >= 4 is 75.0 Å². The number of ether oxygens (including phenoxy) is 1. The molecule has 0 aliphatic carbocycles. The average Bonchev–Trinajstić information content (AvgIpc) is 3.55. The Morgan fingerprint density at radius 1 is 0.817 bits per heavy atom. The number of carbonyl (C=O) groups is 1. The van der Waals surface area contributed by atoms with Crippen LogP contribution in [0, 0.1) is 0 Å². The molecule has 14 nitrogen and oxygen atoms in total. The lowest BCUT2D eigenvalue weighted by molar-refractivity contribution is -0.438. The Morgan fingerprint density at radius 3 is 2.20 bits per heavy atom. The Hall–Kier alpha value is -4.49. The summed E-state index contributed by atoms with van der Waals surface area (Å²) in [5.74, 6) is -1.30. The van der Waals surface area contributed by atoms with Crippen LogP contribution >= 0.6 is 0 Å². The van der Waals surface area contributed by atoms with E-state index in [0.29, 0.717) is 56.4 Å². The number of anilines is 1. The first-order valence-electron chi connectivity index (χ1n) is 19.7. The SMILES string of the molecule is CCN1/C(=C/C=C/C2=[N+](CCCCCC(=O)O)c3ccc4c(S(=O)(=O)O)cc(S(=O)(=O)O)cc4c3C2(C)CCOC)C(C)(CCCS(=O)(=O)O)c2c1ccc1ccccc21. The molecule has 322 valence electrons. The predicted molar refractivity (Wildman–Crippen MR) is 231 cm³/mol. The second kappa shape index (κ2) is 17.1. The zero-order valence-electron chi connectivity index (χ0n) is 34.0. The van der Waals surface area contributed by atoms with E-state index in [1.165, 1.54) is 12.1 Å². The number of benzene rings is 4. The molecule has 0 amide bonds. The number of carboxylic acids is 1. The minimum atomic E-state index is -4.97. The maximum absolute atomic E-state index is 12.7. The number of likely N-dealkylation sites (N-methyl/N-ethyl adjacent to an activating group) is 1. The Balaban J connectivity index is 1.57. The number of allylic oxidation sites excluding steroid dienone is 4. The standard InChI is InChI=1S/C43H50N2O12S3/c1-5-44-34-20-18-29-13-8-9-14-31(29)40(34)42(2,22-12-26-58(48,49)50)37(44)15-11-16-38-43(3,23-25-57-4)41-33-27-30(59(51,52)53)28-36(60(54,55)56)32(33)19-21-35(41)45(38)24-10-6-7-17-39(46)47/h8-9,11,13-16,18-21,27-28H,5-7,10,12,17,22-26H2,1-4H3,(H3-,46,47,48,49,50,51,52,53,54,55,56)/p+1. The molecule has 0 bridgehead atoms. The van der Waals surface area contributed by atoms with Gasteiger partial charge >= 0.3 is 5.97 Å². The van der Waals surface area contributed by atoms with Gasteiger partial charge in [-0.05, 0) is 105 Å². The van der Waals surface area contributed by atoms with Crippen LogP contribution in [0.5, 0.6) is 0 Å². The molecule has 2 aliphatic rings. The monoisotopic (exact) mass is 883 g/mol. The van der Waals surface area contributed by atoms with E-state index in [0.717, 1.165) is 39.5 Å². The van der Waals surface area contributed by atoms with Crippen molar-refractivity contribution in [3.8, 4) is 0 Å². The van der Waals surface area contributed by atoms with Crippen molar-refractivity contribution in [2.45, 2.75) is 86.3 Å². The van der Waals surface area contributed by atoms with Crippen molar-refractivity contribution in [1.29, 1.82) is 0 Å². The summed E-state index contributed by atoms with van der Waals surface area (Å²) in [6.45, 7) is 7.28. The van der Waals surface area contributed by atoms with Crippen molar-refractivity contribution in [2.24, 2.45) is 0 Å². The minimum Gasteiger partial charge on any atom is -0.481 e. The first kappa shape index (κ1) is 45.0. The molecule has 0 fully saturated rings. The number of hydrogen-bond acceptors (Lipinski definition) is 9. The molecule has 0 saturated heterocycles. The molecular weight excluding hydrogens is 833 g/mol. The lowest BCUT2D eigenvalue weighted by Crippen LogP contribution is -2.33. The average molecular weight is 884 g/mol. The van der Waals surface area contributed by atoms with E-state index in [2.05, 4.69) is 24.0 Å². The van der Waals surface area contributed by atoms with Gasteiger partial charge in [-0.25, -0.2) is 0 Å². The van der Waals surface area contributed by atoms with Crippen LogP contribution in [-0.2, 0) is 50.7 Å². The number of aliphatic carboxylic acids is 1. The summed E-state index contributed by atoms with van der Waals surface area (Å²) in [6, 6.07) is 17.3. The van der Waals surface area contributed by atoms with Crippen molar-refractivity contribution in [1.82, 2.24) is 0 Å². The van der Waals surface area contributed by atoms with Gasteiger partial charge in [0.25, 0.3) is 30.4 Å². The lowest BCUT2D eigenvalue weighted by Gasteiger charge is -2.30. The summed E-state index contributed by atoms with van der Waals surface area (Å²) in [5, 5.41) is 11.5. The van der Waals surface area contributed by atoms with E-state index in [1.807, 2.05) is 60.9 Å². The van der Waals surface area contributed by atoms with Crippen molar-refractivity contribution in [3.05, 3.63) is 95.7 Å². The zero-order chi connectivity index (χ0) is 43.8. The summed E-state index contributed by atoms with van der Waals surface area (Å²) < 4.78 is 112. The highest BCUT2D eigenvalue weighted by Crippen LogP contribution is 2.53. The second-order valence-electron chi connectivity index (χ2n) is 15.8. The maximum Gasteiger partial charge on any atom is 0.303 e. The number of fused-ring (bicyclic) bond motifs is 6. The predicted octanol–water partition coefficient (Wildman–Crippen LogP) is 7.43. The Morgan fingerprint density at radius 2 is 1.55 bits per heavy atom. The summed E-state index contributed by atoms with van der Waals surface area (Å²) in [5.41, 5.74) is 3.19. The molecule has 0 spiro atoms. The van der Waals surface area contributed by atoms with Gasteiger partial charge in [0.1, 0.15) is 11.4 Å². The Bertz CT molecular complexity index is 2800. The van der Waals surface area contributed by atoms with Gasteiger partial charge in [0.15, 0.2) is 5.71 Å². The topological polar surface area (TPSA) is 216 Å². The van der Waals surface area contributed by atoms with E-state index < -0.39 is 62.7 Å². The quantitative estimate of drug-likeness (QED) is 0.0435. The zero-order valence-corrected chi connectivity index (χ0v) is 36.4. The van der Waals surface area contributed by atoms with Crippen LogP contribution < -0.4 is 4.90 Å². The van der Waals surface area contributed by atoms with E-state index in [9.17, 15) is 48.8 Å².